The Kier molecular flexibility index (Phi) is 3.79. The van der Waals surface area contributed by atoms with E-state index in [2.05, 4.69) is 0 Å². The summed E-state index contributed by atoms with van der Waals surface area (Å²) in [4.78, 5) is 24.2. The number of allylic oxidation sites excluding steroid dienone is 4. The van der Waals surface area contributed by atoms with E-state index in [1.807, 2.05) is 13.8 Å². The van der Waals surface area contributed by atoms with Crippen molar-refractivity contribution < 1.29 is 24.2 Å². The molecule has 0 aliphatic heterocycles. The summed E-state index contributed by atoms with van der Waals surface area (Å²) in [6.45, 7) is 7.01. The second-order valence-corrected chi connectivity index (χ2v) is 9.75. The lowest BCUT2D eigenvalue weighted by atomic mass is 9.43. The van der Waals surface area contributed by atoms with Crippen LogP contribution in [-0.2, 0) is 9.59 Å². The van der Waals surface area contributed by atoms with Gasteiger partial charge in [0.1, 0.15) is 5.60 Å². The summed E-state index contributed by atoms with van der Waals surface area (Å²) in [5, 5.41) is 22.3. The molecule has 5 heteroatoms. The standard InChI is InChI=1S/C22H29FO4/c1-12-9-17-15-6-8-21(27,13(2)24)20(15,4)11-18(26)22(17,23)19(3)7-5-14(25)10-16(12)19/h5,7,10,12,15,17-18,26-27H,6,8-9,11H2,1-4H3/t12-,15+,17-,18+,19+,20+,21-,22+/m1/s1. The van der Waals surface area contributed by atoms with E-state index in [9.17, 15) is 19.8 Å². The quantitative estimate of drug-likeness (QED) is 0.738. The Bertz CT molecular complexity index is 787. The molecular formula is C22H29FO4. The fraction of sp³-hybridized carbons (Fsp3) is 0.727. The van der Waals surface area contributed by atoms with Gasteiger partial charge in [-0.3, -0.25) is 9.59 Å². The van der Waals surface area contributed by atoms with Crippen LogP contribution in [0.4, 0.5) is 4.39 Å². The molecule has 0 bridgehead atoms. The van der Waals surface area contributed by atoms with Crippen molar-refractivity contribution in [3.05, 3.63) is 23.8 Å². The van der Waals surface area contributed by atoms with E-state index in [0.717, 1.165) is 5.57 Å². The van der Waals surface area contributed by atoms with Gasteiger partial charge in [-0.2, -0.15) is 0 Å². The lowest BCUT2D eigenvalue weighted by molar-refractivity contribution is -0.219. The number of hydrogen-bond acceptors (Lipinski definition) is 4. The van der Waals surface area contributed by atoms with Crippen molar-refractivity contribution in [1.29, 1.82) is 0 Å². The monoisotopic (exact) mass is 376 g/mol. The van der Waals surface area contributed by atoms with Gasteiger partial charge in [-0.15, -0.1) is 0 Å². The normalized spacial score (nSPS) is 54.0. The van der Waals surface area contributed by atoms with Crippen LogP contribution in [0.5, 0.6) is 0 Å². The maximum atomic E-state index is 16.9. The third kappa shape index (κ3) is 2.00. The van der Waals surface area contributed by atoms with Gasteiger partial charge in [0, 0.05) is 16.7 Å². The number of hydrogen-bond donors (Lipinski definition) is 2. The minimum atomic E-state index is -1.92. The lowest BCUT2D eigenvalue weighted by Crippen LogP contribution is -2.69. The molecule has 27 heavy (non-hydrogen) atoms. The molecule has 4 nitrogen and oxygen atoms in total. The molecule has 0 saturated heterocycles. The Balaban J connectivity index is 1.86. The van der Waals surface area contributed by atoms with Crippen LogP contribution < -0.4 is 0 Å². The van der Waals surface area contributed by atoms with Crippen molar-refractivity contribution in [3.63, 3.8) is 0 Å². The molecule has 2 N–H and O–H groups in total. The molecule has 3 saturated carbocycles. The molecule has 3 fully saturated rings. The van der Waals surface area contributed by atoms with Crippen LogP contribution in [0.15, 0.2) is 23.8 Å². The summed E-state index contributed by atoms with van der Waals surface area (Å²) in [7, 11) is 0. The van der Waals surface area contributed by atoms with E-state index < -0.39 is 34.1 Å². The molecule has 0 radical (unpaired) electrons. The molecule has 148 valence electrons. The highest BCUT2D eigenvalue weighted by Crippen LogP contribution is 2.70. The van der Waals surface area contributed by atoms with Crippen LogP contribution in [0.1, 0.15) is 53.4 Å². The number of ketones is 2. The highest BCUT2D eigenvalue weighted by atomic mass is 19.1. The second kappa shape index (κ2) is 5.38. The van der Waals surface area contributed by atoms with Crippen molar-refractivity contribution in [2.75, 3.05) is 0 Å². The van der Waals surface area contributed by atoms with Crippen molar-refractivity contribution >= 4 is 11.6 Å². The van der Waals surface area contributed by atoms with Crippen LogP contribution in [0.25, 0.3) is 0 Å². The number of Topliss-reactive ketones (excluding diaryl/α,β-unsaturated/α-hetero) is 1. The van der Waals surface area contributed by atoms with Gasteiger partial charge in [-0.25, -0.2) is 4.39 Å². The van der Waals surface area contributed by atoms with Crippen molar-refractivity contribution in [2.24, 2.45) is 28.6 Å². The molecule has 0 aromatic carbocycles. The molecule has 0 heterocycles. The summed E-state index contributed by atoms with van der Waals surface area (Å²) in [5.74, 6) is -1.11. The molecule has 0 amide bonds. The lowest BCUT2D eigenvalue weighted by Gasteiger charge is -2.63. The molecular weight excluding hydrogens is 347 g/mol. The van der Waals surface area contributed by atoms with Gasteiger partial charge in [-0.05, 0) is 63.5 Å². The Morgan fingerprint density at radius 2 is 1.96 bits per heavy atom. The summed E-state index contributed by atoms with van der Waals surface area (Å²) < 4.78 is 16.9. The van der Waals surface area contributed by atoms with Crippen LogP contribution in [-0.4, -0.2) is 39.2 Å². The molecule has 8 atom stereocenters. The summed E-state index contributed by atoms with van der Waals surface area (Å²) >= 11 is 0. The van der Waals surface area contributed by atoms with Gasteiger partial charge in [0.05, 0.1) is 6.10 Å². The second-order valence-electron chi connectivity index (χ2n) is 9.75. The van der Waals surface area contributed by atoms with Crippen LogP contribution in [0, 0.1) is 28.6 Å². The fourth-order valence-electron chi connectivity index (χ4n) is 7.18. The first-order chi connectivity index (χ1) is 12.4. The average Bonchev–Trinajstić information content (AvgIpc) is 2.85. The Morgan fingerprint density at radius 3 is 2.59 bits per heavy atom. The van der Waals surface area contributed by atoms with Gasteiger partial charge in [0.25, 0.3) is 0 Å². The maximum Gasteiger partial charge on any atom is 0.178 e. The van der Waals surface area contributed by atoms with Crippen LogP contribution in [0.2, 0.25) is 0 Å². The third-order valence-corrected chi connectivity index (χ3v) is 8.70. The minimum Gasteiger partial charge on any atom is -0.390 e. The van der Waals surface area contributed by atoms with E-state index in [1.54, 1.807) is 13.0 Å². The fourth-order valence-corrected chi connectivity index (χ4v) is 7.18. The number of aliphatic hydroxyl groups is 2. The van der Waals surface area contributed by atoms with Gasteiger partial charge in [0.15, 0.2) is 17.2 Å². The van der Waals surface area contributed by atoms with Crippen LogP contribution >= 0.6 is 0 Å². The van der Waals surface area contributed by atoms with E-state index in [0.29, 0.717) is 19.3 Å². The smallest absolute Gasteiger partial charge is 0.178 e. The number of aliphatic hydroxyl groups excluding tert-OH is 1. The molecule has 4 rings (SSSR count). The van der Waals surface area contributed by atoms with Crippen molar-refractivity contribution in [3.8, 4) is 0 Å². The van der Waals surface area contributed by atoms with Crippen molar-refractivity contribution in [2.45, 2.75) is 70.8 Å². The zero-order valence-corrected chi connectivity index (χ0v) is 16.5. The molecule has 4 aliphatic carbocycles. The predicted molar refractivity (Wildman–Crippen MR) is 98.5 cm³/mol. The highest BCUT2D eigenvalue weighted by Gasteiger charge is 2.74. The molecule has 0 spiro atoms. The topological polar surface area (TPSA) is 74.6 Å². The Morgan fingerprint density at radius 1 is 1.30 bits per heavy atom. The number of carbonyl (C=O) groups is 2. The summed E-state index contributed by atoms with van der Waals surface area (Å²) in [6, 6.07) is 0. The first-order valence-corrected chi connectivity index (χ1v) is 9.97. The van der Waals surface area contributed by atoms with Gasteiger partial charge >= 0.3 is 0 Å². The highest BCUT2D eigenvalue weighted by molar-refractivity contribution is 6.01. The number of carbonyl (C=O) groups excluding carboxylic acids is 2. The molecule has 4 aliphatic rings. The van der Waals surface area contributed by atoms with E-state index in [4.69, 9.17) is 0 Å². The summed E-state index contributed by atoms with van der Waals surface area (Å²) in [6.07, 6.45) is 4.68. The van der Waals surface area contributed by atoms with Crippen LogP contribution in [0.3, 0.4) is 0 Å². The van der Waals surface area contributed by atoms with E-state index in [-0.39, 0.29) is 29.8 Å². The zero-order valence-electron chi connectivity index (χ0n) is 16.5. The Hall–Kier alpha value is -1.33. The third-order valence-electron chi connectivity index (χ3n) is 8.70. The first kappa shape index (κ1) is 19.0. The average molecular weight is 376 g/mol. The van der Waals surface area contributed by atoms with Gasteiger partial charge in [0.2, 0.25) is 0 Å². The maximum absolute atomic E-state index is 16.9. The summed E-state index contributed by atoms with van der Waals surface area (Å²) in [5.41, 5.74) is -4.59. The minimum absolute atomic E-state index is 0.00153. The first-order valence-electron chi connectivity index (χ1n) is 9.97. The zero-order chi connectivity index (χ0) is 20.0. The Labute approximate surface area is 159 Å². The number of rotatable bonds is 1. The largest absolute Gasteiger partial charge is 0.390 e. The number of alkyl halides is 1. The van der Waals surface area contributed by atoms with Gasteiger partial charge in [-0.1, -0.05) is 25.5 Å². The molecule has 0 unspecified atom stereocenters. The number of halogens is 1. The SMILES string of the molecule is CC(=O)[C@]1(O)CC[C@H]2[C@H]3C[C@@H](C)C4=CC(=O)C=C[C@]4(C)[C@@]3(F)[C@@H](O)C[C@@]21C. The van der Waals surface area contributed by atoms with E-state index in [1.165, 1.54) is 19.1 Å². The van der Waals surface area contributed by atoms with Gasteiger partial charge < -0.3 is 10.2 Å². The van der Waals surface area contributed by atoms with Crippen molar-refractivity contribution in [1.82, 2.24) is 0 Å². The van der Waals surface area contributed by atoms with E-state index >= 15 is 4.39 Å². The predicted octanol–water partition coefficient (Wildman–Crippen LogP) is 2.92. The molecule has 0 aromatic rings. The number of fused-ring (bicyclic) bond motifs is 5. The molecule has 0 aromatic heterocycles.